The number of ether oxygens (including phenoxy) is 1. The van der Waals surface area contributed by atoms with Crippen molar-refractivity contribution in [3.05, 3.63) is 23.8 Å². The van der Waals surface area contributed by atoms with Gasteiger partial charge in [-0.2, -0.15) is 0 Å². The molecule has 0 aliphatic heterocycles. The third-order valence-electron chi connectivity index (χ3n) is 1.49. The van der Waals surface area contributed by atoms with Crippen molar-refractivity contribution in [3.63, 3.8) is 0 Å². The first-order chi connectivity index (χ1) is 7.28. The molecule has 0 unspecified atom stereocenters. The third-order valence-corrected chi connectivity index (χ3v) is 1.49. The Morgan fingerprint density at radius 3 is 3.08 bits per heavy atom. The van der Waals surface area contributed by atoms with E-state index >= 15 is 0 Å². The molecule has 0 amide bonds. The van der Waals surface area contributed by atoms with Crippen LogP contribution in [0.2, 0.25) is 0 Å². The van der Waals surface area contributed by atoms with Gasteiger partial charge >= 0.3 is 5.97 Å². The molecular weight excluding hydrogens is 173 g/mol. The normalized spacial score (nSPS) is 14.0. The highest BCUT2D eigenvalue weighted by Gasteiger charge is 2.05. The fourth-order valence-electron chi connectivity index (χ4n) is 0.925. The minimum absolute atomic E-state index is 0.251. The molecule has 1 aromatic carbocycles. The highest BCUT2D eigenvalue weighted by Crippen LogP contribution is 2.26. The molecule has 0 heterocycles. The number of aliphatic carboxylic acids is 1. The van der Waals surface area contributed by atoms with Crippen LogP contribution in [0.3, 0.4) is 0 Å². The van der Waals surface area contributed by atoms with Gasteiger partial charge in [-0.15, -0.1) is 0 Å². The quantitative estimate of drug-likeness (QED) is 0.692. The van der Waals surface area contributed by atoms with Gasteiger partial charge < -0.3 is 14.9 Å². The lowest BCUT2D eigenvalue weighted by Gasteiger charge is -2.04. The molecule has 0 radical (unpaired) electrons. The second-order valence-corrected chi connectivity index (χ2v) is 2.47. The number of carbonyl (C=O) groups is 1. The summed E-state index contributed by atoms with van der Waals surface area (Å²) in [5.41, 5.74) is 0.351. The highest BCUT2D eigenvalue weighted by atomic mass is 16.5. The van der Waals surface area contributed by atoms with Crippen molar-refractivity contribution >= 4 is 5.97 Å². The molecule has 0 atom stereocenters. The van der Waals surface area contributed by atoms with Crippen LogP contribution >= 0.6 is 0 Å². The summed E-state index contributed by atoms with van der Waals surface area (Å²) in [6.45, 7) is 0. The first-order valence-electron chi connectivity index (χ1n) is 5.00. The second kappa shape index (κ2) is 3.80. The Hall–Kier alpha value is -1.71. The van der Waals surface area contributed by atoms with E-state index in [1.165, 1.54) is 18.2 Å². The lowest BCUT2D eigenvalue weighted by molar-refractivity contribution is -0.136. The minimum atomic E-state index is -2.68. The molecule has 0 aliphatic rings. The molecule has 0 saturated carbocycles. The largest absolute Gasteiger partial charge is 0.504 e. The van der Waals surface area contributed by atoms with Gasteiger partial charge in [0.05, 0.1) is 17.6 Å². The van der Waals surface area contributed by atoms with Crippen LogP contribution in [-0.2, 0) is 11.2 Å². The fraction of sp³-hybridized carbons (Fsp3) is 0.222. The summed E-state index contributed by atoms with van der Waals surface area (Å²) in [7, 11) is -2.68. The van der Waals surface area contributed by atoms with Gasteiger partial charge in [-0.25, -0.2) is 0 Å². The molecule has 4 nitrogen and oxygen atoms in total. The SMILES string of the molecule is [2H][13C]([2H])([2H])Oc1cc(CC(=O)O)ccc1O. The molecule has 1 aromatic rings. The number of carboxylic acid groups (broad SMARTS) is 1. The first-order valence-corrected chi connectivity index (χ1v) is 3.50. The summed E-state index contributed by atoms with van der Waals surface area (Å²) in [5, 5.41) is 17.9. The molecule has 1 rings (SSSR count). The Balaban J connectivity index is 2.95. The van der Waals surface area contributed by atoms with E-state index in [2.05, 4.69) is 4.74 Å². The zero-order valence-corrected chi connectivity index (χ0v) is 6.65. The van der Waals surface area contributed by atoms with Gasteiger partial charge in [0.15, 0.2) is 11.5 Å². The number of aromatic hydroxyl groups is 1. The van der Waals surface area contributed by atoms with Crippen LogP contribution in [0.25, 0.3) is 0 Å². The second-order valence-electron chi connectivity index (χ2n) is 2.47. The van der Waals surface area contributed by atoms with Gasteiger partial charge in [-0.3, -0.25) is 4.79 Å². The summed E-state index contributed by atoms with van der Waals surface area (Å²) in [5.74, 6) is -1.64. The fourth-order valence-corrected chi connectivity index (χ4v) is 0.925. The van der Waals surface area contributed by atoms with Crippen molar-refractivity contribution in [2.24, 2.45) is 0 Å². The number of carboxylic acids is 1. The maximum Gasteiger partial charge on any atom is 0.307 e. The molecule has 0 spiro atoms. The van der Waals surface area contributed by atoms with Crippen molar-refractivity contribution in [3.8, 4) is 11.5 Å². The zero-order valence-electron chi connectivity index (χ0n) is 9.65. The van der Waals surface area contributed by atoms with E-state index in [1.54, 1.807) is 0 Å². The third kappa shape index (κ3) is 2.37. The van der Waals surface area contributed by atoms with Gasteiger partial charge in [0.2, 0.25) is 0 Å². The molecule has 70 valence electrons. The smallest absolute Gasteiger partial charge is 0.307 e. The topological polar surface area (TPSA) is 66.8 Å². The van der Waals surface area contributed by atoms with Crippen LogP contribution in [0.5, 0.6) is 11.5 Å². The van der Waals surface area contributed by atoms with Gasteiger partial charge in [-0.05, 0) is 17.7 Å². The highest BCUT2D eigenvalue weighted by molar-refractivity contribution is 5.70. The van der Waals surface area contributed by atoms with Crippen molar-refractivity contribution < 1.29 is 23.9 Å². The van der Waals surface area contributed by atoms with Crippen molar-refractivity contribution in [2.75, 3.05) is 7.04 Å². The van der Waals surface area contributed by atoms with E-state index < -0.39 is 13.0 Å². The number of hydrogen-bond donors (Lipinski definition) is 2. The Bertz CT molecular complexity index is 400. The van der Waals surface area contributed by atoms with Crippen LogP contribution in [0.1, 0.15) is 9.68 Å². The molecule has 2 N–H and O–H groups in total. The monoisotopic (exact) mass is 186 g/mol. The predicted octanol–water partition coefficient (Wildman–Crippen LogP) is 1.03. The van der Waals surface area contributed by atoms with Crippen LogP contribution < -0.4 is 4.74 Å². The Morgan fingerprint density at radius 1 is 1.69 bits per heavy atom. The van der Waals surface area contributed by atoms with Crippen LogP contribution in [0.15, 0.2) is 18.2 Å². The van der Waals surface area contributed by atoms with E-state index in [-0.39, 0.29) is 17.9 Å². The number of benzene rings is 1. The van der Waals surface area contributed by atoms with Crippen LogP contribution in [0, 0.1) is 0 Å². The minimum Gasteiger partial charge on any atom is -0.504 e. The van der Waals surface area contributed by atoms with E-state index in [9.17, 15) is 9.90 Å². The van der Waals surface area contributed by atoms with Gasteiger partial charge in [0, 0.05) is 0 Å². The Labute approximate surface area is 79.6 Å². The maximum atomic E-state index is 10.4. The van der Waals surface area contributed by atoms with E-state index in [0.29, 0.717) is 5.56 Å². The Morgan fingerprint density at radius 2 is 2.46 bits per heavy atom. The molecule has 0 aliphatic carbocycles. The summed E-state index contributed by atoms with van der Waals surface area (Å²) in [6, 6.07) is 3.77. The average molecular weight is 186 g/mol. The van der Waals surface area contributed by atoms with Gasteiger partial charge in [0.25, 0.3) is 0 Å². The molecular formula is C9H10O4. The van der Waals surface area contributed by atoms with Gasteiger partial charge in [-0.1, -0.05) is 6.07 Å². The van der Waals surface area contributed by atoms with E-state index in [1.807, 2.05) is 0 Å². The summed E-state index contributed by atoms with van der Waals surface area (Å²) < 4.78 is 25.1. The standard InChI is InChI=1S/C9H10O4/c1-13-8-4-6(5-9(11)12)2-3-7(8)10/h2-4,10H,5H2,1H3,(H,11,12)/i1+1D3. The van der Waals surface area contributed by atoms with E-state index in [0.717, 1.165) is 0 Å². The average Bonchev–Trinajstić information content (AvgIpc) is 2.07. The number of phenolic OH excluding ortho intramolecular Hbond substituents is 1. The molecule has 0 saturated heterocycles. The molecule has 0 bridgehead atoms. The van der Waals surface area contributed by atoms with E-state index in [4.69, 9.17) is 9.22 Å². The maximum absolute atomic E-state index is 10.4. The van der Waals surface area contributed by atoms with Crippen molar-refractivity contribution in [2.45, 2.75) is 6.42 Å². The summed E-state index contributed by atoms with van der Waals surface area (Å²) in [4.78, 5) is 10.4. The van der Waals surface area contributed by atoms with Gasteiger partial charge in [0.1, 0.15) is 0 Å². The zero-order chi connectivity index (χ0) is 12.3. The lowest BCUT2D eigenvalue weighted by atomic mass is 10.1. The van der Waals surface area contributed by atoms with Crippen LogP contribution in [-0.4, -0.2) is 23.2 Å². The number of methoxy groups -OCH3 is 1. The predicted molar refractivity (Wildman–Crippen MR) is 46.0 cm³/mol. The number of rotatable bonds is 3. The summed E-state index contributed by atoms with van der Waals surface area (Å²) in [6.07, 6.45) is -0.266. The molecule has 0 aromatic heterocycles. The molecule has 13 heavy (non-hydrogen) atoms. The number of hydrogen-bond acceptors (Lipinski definition) is 3. The molecule has 4 heteroatoms. The number of phenols is 1. The summed E-state index contributed by atoms with van der Waals surface area (Å²) >= 11 is 0. The lowest BCUT2D eigenvalue weighted by Crippen LogP contribution is -2.00. The van der Waals surface area contributed by atoms with Crippen LogP contribution in [0.4, 0.5) is 0 Å². The molecule has 0 fully saturated rings. The van der Waals surface area contributed by atoms with Crippen molar-refractivity contribution in [1.82, 2.24) is 0 Å². The first kappa shape index (κ1) is 5.85. The van der Waals surface area contributed by atoms with Crippen molar-refractivity contribution in [1.29, 1.82) is 0 Å². The Kier molecular flexibility index (Phi) is 1.71.